The van der Waals surface area contributed by atoms with E-state index in [0.29, 0.717) is 32.1 Å². The van der Waals surface area contributed by atoms with Gasteiger partial charge >= 0.3 is 5.97 Å². The number of Topliss-reactive ketones (excluding diaryl/α,β-unsaturated/α-hetero) is 1. The molecule has 1 fully saturated rings. The summed E-state index contributed by atoms with van der Waals surface area (Å²) in [4.78, 5) is 64.8. The smallest absolute Gasteiger partial charge is 0.326 e. The van der Waals surface area contributed by atoms with E-state index < -0.39 is 53.5 Å². The van der Waals surface area contributed by atoms with Crippen molar-refractivity contribution in [1.29, 1.82) is 0 Å². The number of hydrogen-bond donors (Lipinski definition) is 5. The van der Waals surface area contributed by atoms with Gasteiger partial charge in [-0.15, -0.1) is 0 Å². The lowest BCUT2D eigenvalue weighted by Gasteiger charge is -2.33. The molecule has 1 saturated heterocycles. The molecule has 0 saturated carbocycles. The Kier molecular flexibility index (Phi) is 12.9. The Hall–Kier alpha value is -3.31. The summed E-state index contributed by atoms with van der Waals surface area (Å²) in [6.45, 7) is 6.90. The number of unbranched alkanes of at least 4 members (excludes halogenated alkanes) is 2. The molecule has 1 heterocycles. The van der Waals surface area contributed by atoms with E-state index in [1.807, 2.05) is 37.3 Å². The van der Waals surface area contributed by atoms with E-state index in [1.165, 1.54) is 11.8 Å². The van der Waals surface area contributed by atoms with Crippen LogP contribution < -0.4 is 16.4 Å². The normalized spacial score (nSPS) is 20.4. The topological polar surface area (TPSA) is 179 Å². The number of carbonyl (C=O) groups is 5. The molecule has 0 unspecified atom stereocenters. The largest absolute Gasteiger partial charge is 0.480 e. The van der Waals surface area contributed by atoms with Gasteiger partial charge in [0.25, 0.3) is 0 Å². The zero-order valence-electron chi connectivity index (χ0n) is 24.6. The number of carboxylic acid groups (broad SMARTS) is 1. The Bertz CT molecular complexity index is 1060. The quantitative estimate of drug-likeness (QED) is 0.185. The predicted molar refractivity (Wildman–Crippen MR) is 154 cm³/mol. The fourth-order valence-corrected chi connectivity index (χ4v) is 4.94. The second kappa shape index (κ2) is 15.6. The molecular formula is C30H46N4O7. The molecule has 228 valence electrons. The Morgan fingerprint density at radius 1 is 1.12 bits per heavy atom. The Morgan fingerprint density at radius 2 is 1.78 bits per heavy atom. The average Bonchev–Trinajstić information content (AvgIpc) is 3.34. The molecule has 11 heteroatoms. The minimum absolute atomic E-state index is 0.00791. The van der Waals surface area contributed by atoms with Crippen LogP contribution in [0.3, 0.4) is 0 Å². The third-order valence-corrected chi connectivity index (χ3v) is 7.81. The molecule has 0 aliphatic carbocycles. The van der Waals surface area contributed by atoms with Crippen molar-refractivity contribution < 1.29 is 34.2 Å². The van der Waals surface area contributed by atoms with Crippen molar-refractivity contribution in [3.63, 3.8) is 0 Å². The number of rotatable bonds is 16. The molecule has 0 aromatic heterocycles. The second-order valence-electron chi connectivity index (χ2n) is 11.4. The lowest BCUT2D eigenvalue weighted by molar-refractivity contribution is -0.149. The number of aliphatic hydroxyl groups is 1. The van der Waals surface area contributed by atoms with Crippen LogP contribution >= 0.6 is 0 Å². The van der Waals surface area contributed by atoms with Crippen LogP contribution in [0.1, 0.15) is 78.2 Å². The number of carbonyl (C=O) groups excluding carboxylic acids is 4. The standard InChI is InChI=1S/C30H46N4O7/c1-5-30(4,33-26(37)22(31)14-10-7-11-15-25(36)20(3)35)29(41)32-23(17-21-12-8-6-9-13-21)27(38)34-18-19(2)16-24(34)28(39)40/h6,8-9,12-13,19-20,22-24,35H,5,7,10-11,14-18,31H2,1-4H3,(H,32,41)(H,33,37)(H,39,40)/t19-,20+,22-,23-,24+,30-/m0/s1. The minimum atomic E-state index is -1.36. The molecule has 0 radical (unpaired) electrons. The molecule has 6 atom stereocenters. The number of carboxylic acids is 1. The first-order valence-corrected chi connectivity index (χ1v) is 14.5. The van der Waals surface area contributed by atoms with E-state index in [1.54, 1.807) is 13.8 Å². The molecule has 2 rings (SSSR count). The van der Waals surface area contributed by atoms with Gasteiger partial charge in [0.2, 0.25) is 17.7 Å². The van der Waals surface area contributed by atoms with Gasteiger partial charge in [0, 0.05) is 19.4 Å². The molecule has 1 aromatic carbocycles. The Balaban J connectivity index is 2.08. The van der Waals surface area contributed by atoms with Crippen molar-refractivity contribution in [3.05, 3.63) is 35.9 Å². The summed E-state index contributed by atoms with van der Waals surface area (Å²) in [5.74, 6) is -2.84. The fourth-order valence-electron chi connectivity index (χ4n) is 4.94. The second-order valence-corrected chi connectivity index (χ2v) is 11.4. The number of aliphatic carboxylic acids is 1. The van der Waals surface area contributed by atoms with E-state index in [-0.39, 0.29) is 37.5 Å². The van der Waals surface area contributed by atoms with Crippen molar-refractivity contribution in [2.75, 3.05) is 6.54 Å². The zero-order valence-corrected chi connectivity index (χ0v) is 24.6. The van der Waals surface area contributed by atoms with Crippen molar-refractivity contribution in [2.24, 2.45) is 11.7 Å². The number of ketones is 1. The highest BCUT2D eigenvalue weighted by Gasteiger charge is 2.42. The first kappa shape index (κ1) is 33.9. The van der Waals surface area contributed by atoms with Gasteiger partial charge in [0.1, 0.15) is 23.7 Å². The number of nitrogens with two attached hydrogens (primary N) is 1. The van der Waals surface area contributed by atoms with Crippen LogP contribution in [0.5, 0.6) is 0 Å². The molecule has 0 spiro atoms. The first-order valence-electron chi connectivity index (χ1n) is 14.5. The summed E-state index contributed by atoms with van der Waals surface area (Å²) in [6, 6.07) is 6.26. The molecular weight excluding hydrogens is 528 g/mol. The van der Waals surface area contributed by atoms with E-state index in [9.17, 15) is 34.2 Å². The summed E-state index contributed by atoms with van der Waals surface area (Å²) in [5, 5.41) is 24.5. The van der Waals surface area contributed by atoms with E-state index in [2.05, 4.69) is 10.6 Å². The molecule has 0 bridgehead atoms. The van der Waals surface area contributed by atoms with Crippen LogP contribution in [0, 0.1) is 5.92 Å². The summed E-state index contributed by atoms with van der Waals surface area (Å²) in [6.07, 6.45) is 2.21. The number of amides is 3. The first-order chi connectivity index (χ1) is 19.3. The number of benzene rings is 1. The van der Waals surface area contributed by atoms with Crippen molar-refractivity contribution >= 4 is 29.5 Å². The fraction of sp³-hybridized carbons (Fsp3) is 0.633. The van der Waals surface area contributed by atoms with Gasteiger partial charge in [0.15, 0.2) is 5.78 Å². The Morgan fingerprint density at radius 3 is 2.37 bits per heavy atom. The lowest BCUT2D eigenvalue weighted by Crippen LogP contribution is -2.63. The molecule has 1 aliphatic heterocycles. The number of aliphatic hydroxyl groups excluding tert-OH is 1. The summed E-state index contributed by atoms with van der Waals surface area (Å²) < 4.78 is 0. The van der Waals surface area contributed by atoms with Crippen molar-refractivity contribution in [2.45, 2.75) is 109 Å². The summed E-state index contributed by atoms with van der Waals surface area (Å²) in [5.41, 5.74) is 5.53. The predicted octanol–water partition coefficient (Wildman–Crippen LogP) is 1.55. The number of nitrogens with zero attached hydrogens (tertiary/aromatic N) is 1. The van der Waals surface area contributed by atoms with Crippen molar-refractivity contribution in [3.8, 4) is 0 Å². The molecule has 41 heavy (non-hydrogen) atoms. The van der Waals surface area contributed by atoms with Gasteiger partial charge in [-0.25, -0.2) is 4.79 Å². The van der Waals surface area contributed by atoms with Crippen LogP contribution in [0.25, 0.3) is 0 Å². The zero-order chi connectivity index (χ0) is 30.7. The summed E-state index contributed by atoms with van der Waals surface area (Å²) in [7, 11) is 0. The minimum Gasteiger partial charge on any atom is -0.480 e. The third-order valence-electron chi connectivity index (χ3n) is 7.81. The Labute approximate surface area is 242 Å². The molecule has 6 N–H and O–H groups in total. The van der Waals surface area contributed by atoms with E-state index >= 15 is 0 Å². The SMILES string of the molecule is CC[C@](C)(NC(=O)[C@@H](N)CCCCCC(=O)[C@@H](C)O)C(=O)N[C@@H](Cc1ccccc1)C(=O)N1C[C@@H](C)C[C@@H]1C(=O)O. The van der Waals surface area contributed by atoms with Crippen LogP contribution in [-0.4, -0.2) is 80.9 Å². The van der Waals surface area contributed by atoms with E-state index in [4.69, 9.17) is 5.73 Å². The van der Waals surface area contributed by atoms with Gasteiger partial charge in [0.05, 0.1) is 6.04 Å². The van der Waals surface area contributed by atoms with Crippen LogP contribution in [0.4, 0.5) is 0 Å². The van der Waals surface area contributed by atoms with E-state index in [0.717, 1.165) is 5.56 Å². The van der Waals surface area contributed by atoms with Gasteiger partial charge < -0.3 is 31.5 Å². The van der Waals surface area contributed by atoms with Gasteiger partial charge in [-0.2, -0.15) is 0 Å². The molecule has 1 aliphatic rings. The van der Waals surface area contributed by atoms with Crippen LogP contribution in [-0.2, 0) is 30.4 Å². The average molecular weight is 575 g/mol. The summed E-state index contributed by atoms with van der Waals surface area (Å²) >= 11 is 0. The maximum Gasteiger partial charge on any atom is 0.326 e. The third kappa shape index (κ3) is 9.93. The maximum absolute atomic E-state index is 13.6. The maximum atomic E-state index is 13.6. The van der Waals surface area contributed by atoms with Gasteiger partial charge in [-0.1, -0.05) is 57.0 Å². The highest BCUT2D eigenvalue weighted by molar-refractivity contribution is 5.96. The highest BCUT2D eigenvalue weighted by atomic mass is 16.4. The number of likely N-dealkylation sites (tertiary alicyclic amines) is 1. The van der Waals surface area contributed by atoms with Crippen LogP contribution in [0.2, 0.25) is 0 Å². The highest BCUT2D eigenvalue weighted by Crippen LogP contribution is 2.25. The van der Waals surface area contributed by atoms with Gasteiger partial charge in [-0.05, 0) is 51.0 Å². The van der Waals surface area contributed by atoms with Crippen molar-refractivity contribution in [1.82, 2.24) is 15.5 Å². The number of nitrogens with one attached hydrogen (secondary N) is 2. The number of hydrogen-bond acceptors (Lipinski definition) is 7. The van der Waals surface area contributed by atoms with Crippen LogP contribution in [0.15, 0.2) is 30.3 Å². The molecule has 1 aromatic rings. The molecule has 3 amide bonds. The molecule has 11 nitrogen and oxygen atoms in total. The lowest BCUT2D eigenvalue weighted by atomic mass is 9.94. The van der Waals surface area contributed by atoms with Gasteiger partial charge in [-0.3, -0.25) is 19.2 Å². The monoisotopic (exact) mass is 574 g/mol.